The van der Waals surface area contributed by atoms with Crippen LogP contribution in [0.2, 0.25) is 0 Å². The molecule has 24 heavy (non-hydrogen) atoms. The molecule has 5 heteroatoms. The first kappa shape index (κ1) is 18.1. The van der Waals surface area contributed by atoms with E-state index in [9.17, 15) is 0 Å². The first-order valence-electron chi connectivity index (χ1n) is 7.95. The van der Waals surface area contributed by atoms with Crippen molar-refractivity contribution < 1.29 is 9.47 Å². The lowest BCUT2D eigenvalue weighted by molar-refractivity contribution is 0.355. The highest BCUT2D eigenvalue weighted by Gasteiger charge is 2.05. The molecule has 0 heterocycles. The van der Waals surface area contributed by atoms with Crippen molar-refractivity contribution in [1.29, 1.82) is 0 Å². The van der Waals surface area contributed by atoms with Crippen LogP contribution in [-0.4, -0.2) is 25.9 Å². The highest BCUT2D eigenvalue weighted by atomic mass is 32.1. The molecule has 0 spiro atoms. The summed E-state index contributed by atoms with van der Waals surface area (Å²) in [7, 11) is 3.23. The highest BCUT2D eigenvalue weighted by molar-refractivity contribution is 7.80. The Bertz CT molecular complexity index is 689. The van der Waals surface area contributed by atoms with Gasteiger partial charge >= 0.3 is 0 Å². The van der Waals surface area contributed by atoms with Crippen LogP contribution < -0.4 is 20.1 Å². The number of hydrogen-bond acceptors (Lipinski definition) is 3. The summed E-state index contributed by atoms with van der Waals surface area (Å²) in [5.74, 6) is 1.37. The van der Waals surface area contributed by atoms with Crippen LogP contribution in [0.3, 0.4) is 0 Å². The van der Waals surface area contributed by atoms with E-state index in [4.69, 9.17) is 21.7 Å². The SMILES string of the molecule is COc1ccc(NC(=S)NCCCc2cccc(C)c2)cc1OC. The molecular formula is C19H24N2O2S. The zero-order chi connectivity index (χ0) is 17.4. The van der Waals surface area contributed by atoms with Crippen molar-refractivity contribution in [1.82, 2.24) is 5.32 Å². The Morgan fingerprint density at radius 1 is 1.04 bits per heavy atom. The average molecular weight is 344 g/mol. The standard InChI is InChI=1S/C19H24N2O2S/c1-14-6-4-7-15(12-14)8-5-11-20-19(24)21-16-9-10-17(22-2)18(13-16)23-3/h4,6-7,9-10,12-13H,5,8,11H2,1-3H3,(H2,20,21,24). The summed E-state index contributed by atoms with van der Waals surface area (Å²) in [6.07, 6.45) is 2.06. The Morgan fingerprint density at radius 2 is 1.83 bits per heavy atom. The van der Waals surface area contributed by atoms with E-state index in [2.05, 4.69) is 41.8 Å². The van der Waals surface area contributed by atoms with Gasteiger partial charge in [-0.2, -0.15) is 0 Å². The molecule has 2 aromatic carbocycles. The van der Waals surface area contributed by atoms with Gasteiger partial charge in [-0.15, -0.1) is 0 Å². The summed E-state index contributed by atoms with van der Waals surface area (Å²) in [6, 6.07) is 14.2. The van der Waals surface area contributed by atoms with Gasteiger partial charge in [-0.1, -0.05) is 29.8 Å². The number of anilines is 1. The van der Waals surface area contributed by atoms with Crippen LogP contribution >= 0.6 is 12.2 Å². The lowest BCUT2D eigenvalue weighted by Gasteiger charge is -2.13. The molecular weight excluding hydrogens is 320 g/mol. The molecule has 0 saturated carbocycles. The molecule has 0 fully saturated rings. The quantitative estimate of drug-likeness (QED) is 0.588. The minimum Gasteiger partial charge on any atom is -0.493 e. The van der Waals surface area contributed by atoms with E-state index in [1.165, 1.54) is 11.1 Å². The van der Waals surface area contributed by atoms with Crippen molar-refractivity contribution in [2.45, 2.75) is 19.8 Å². The van der Waals surface area contributed by atoms with Gasteiger partial charge in [0.05, 0.1) is 14.2 Å². The molecule has 2 rings (SSSR count). The first-order valence-corrected chi connectivity index (χ1v) is 8.35. The van der Waals surface area contributed by atoms with Crippen molar-refractivity contribution >= 4 is 23.0 Å². The van der Waals surface area contributed by atoms with Gasteiger partial charge < -0.3 is 20.1 Å². The second-order valence-electron chi connectivity index (χ2n) is 5.54. The Hall–Kier alpha value is -2.27. The van der Waals surface area contributed by atoms with Crippen LogP contribution in [-0.2, 0) is 6.42 Å². The Balaban J connectivity index is 1.77. The summed E-state index contributed by atoms with van der Waals surface area (Å²) in [5.41, 5.74) is 3.52. The van der Waals surface area contributed by atoms with E-state index in [-0.39, 0.29) is 0 Å². The van der Waals surface area contributed by atoms with Gasteiger partial charge in [-0.05, 0) is 49.7 Å². The van der Waals surface area contributed by atoms with Crippen molar-refractivity contribution in [3.8, 4) is 11.5 Å². The van der Waals surface area contributed by atoms with Crippen LogP contribution in [0.25, 0.3) is 0 Å². The van der Waals surface area contributed by atoms with Crippen LogP contribution in [0.4, 0.5) is 5.69 Å². The molecule has 0 aliphatic rings. The predicted octanol–water partition coefficient (Wildman–Crippen LogP) is 3.93. The normalized spacial score (nSPS) is 10.1. The molecule has 2 aromatic rings. The van der Waals surface area contributed by atoms with Crippen LogP contribution in [0.15, 0.2) is 42.5 Å². The number of hydrogen-bond donors (Lipinski definition) is 2. The van der Waals surface area contributed by atoms with Crippen LogP contribution in [0, 0.1) is 6.92 Å². The first-order chi connectivity index (χ1) is 11.6. The molecule has 0 aliphatic heterocycles. The van der Waals surface area contributed by atoms with E-state index in [1.807, 2.05) is 18.2 Å². The van der Waals surface area contributed by atoms with Crippen molar-refractivity contribution in [3.05, 3.63) is 53.6 Å². The van der Waals surface area contributed by atoms with Gasteiger partial charge in [-0.3, -0.25) is 0 Å². The summed E-state index contributed by atoms with van der Waals surface area (Å²) in [4.78, 5) is 0. The fourth-order valence-corrected chi connectivity index (χ4v) is 2.67. The van der Waals surface area contributed by atoms with Crippen molar-refractivity contribution in [2.24, 2.45) is 0 Å². The molecule has 0 saturated heterocycles. The Morgan fingerprint density at radius 3 is 2.54 bits per heavy atom. The lowest BCUT2D eigenvalue weighted by Crippen LogP contribution is -2.29. The third kappa shape index (κ3) is 5.42. The van der Waals surface area contributed by atoms with Crippen molar-refractivity contribution in [3.63, 3.8) is 0 Å². The largest absolute Gasteiger partial charge is 0.493 e. The Labute approximate surface area is 149 Å². The van der Waals surface area contributed by atoms with E-state index in [0.29, 0.717) is 16.6 Å². The third-order valence-corrected chi connectivity index (χ3v) is 3.90. The summed E-state index contributed by atoms with van der Waals surface area (Å²) < 4.78 is 10.5. The number of methoxy groups -OCH3 is 2. The monoisotopic (exact) mass is 344 g/mol. The Kier molecular flexibility index (Phi) is 6.88. The zero-order valence-corrected chi connectivity index (χ0v) is 15.2. The highest BCUT2D eigenvalue weighted by Crippen LogP contribution is 2.29. The van der Waals surface area contributed by atoms with E-state index < -0.39 is 0 Å². The molecule has 0 unspecified atom stereocenters. The second kappa shape index (κ2) is 9.13. The maximum Gasteiger partial charge on any atom is 0.170 e. The fourth-order valence-electron chi connectivity index (χ4n) is 2.45. The van der Waals surface area contributed by atoms with Gasteiger partial charge in [0.15, 0.2) is 16.6 Å². The number of aryl methyl sites for hydroxylation is 2. The minimum absolute atomic E-state index is 0.603. The van der Waals surface area contributed by atoms with Gasteiger partial charge in [0.2, 0.25) is 0 Å². The second-order valence-corrected chi connectivity index (χ2v) is 5.95. The van der Waals surface area contributed by atoms with Crippen molar-refractivity contribution in [2.75, 3.05) is 26.1 Å². The average Bonchev–Trinajstić information content (AvgIpc) is 2.58. The van der Waals surface area contributed by atoms with Crippen LogP contribution in [0.5, 0.6) is 11.5 Å². The van der Waals surface area contributed by atoms with Gasteiger partial charge in [0.1, 0.15) is 0 Å². The summed E-state index contributed by atoms with van der Waals surface area (Å²) >= 11 is 5.33. The molecule has 0 aromatic heterocycles. The number of rotatable bonds is 7. The fraction of sp³-hybridized carbons (Fsp3) is 0.316. The van der Waals surface area contributed by atoms with Gasteiger partial charge in [0.25, 0.3) is 0 Å². The number of benzene rings is 2. The predicted molar refractivity (Wildman–Crippen MR) is 103 cm³/mol. The maximum atomic E-state index is 5.33. The van der Waals surface area contributed by atoms with E-state index in [0.717, 1.165) is 25.1 Å². The molecule has 0 radical (unpaired) electrons. The molecule has 4 nitrogen and oxygen atoms in total. The molecule has 0 amide bonds. The molecule has 128 valence electrons. The summed E-state index contributed by atoms with van der Waals surface area (Å²) in [6.45, 7) is 2.94. The maximum absolute atomic E-state index is 5.33. The minimum atomic E-state index is 0.603. The zero-order valence-electron chi connectivity index (χ0n) is 14.4. The third-order valence-electron chi connectivity index (χ3n) is 3.65. The number of ether oxygens (including phenoxy) is 2. The summed E-state index contributed by atoms with van der Waals surface area (Å²) in [5, 5.41) is 6.99. The number of nitrogens with one attached hydrogen (secondary N) is 2. The smallest absolute Gasteiger partial charge is 0.170 e. The molecule has 0 bridgehead atoms. The number of thiocarbonyl (C=S) groups is 1. The molecule has 0 atom stereocenters. The van der Waals surface area contributed by atoms with Gasteiger partial charge in [-0.25, -0.2) is 0 Å². The van der Waals surface area contributed by atoms with Crippen LogP contribution in [0.1, 0.15) is 17.5 Å². The lowest BCUT2D eigenvalue weighted by atomic mass is 10.1. The molecule has 0 aliphatic carbocycles. The van der Waals surface area contributed by atoms with E-state index >= 15 is 0 Å². The topological polar surface area (TPSA) is 42.5 Å². The molecule has 2 N–H and O–H groups in total. The van der Waals surface area contributed by atoms with Gasteiger partial charge in [0, 0.05) is 18.3 Å². The van der Waals surface area contributed by atoms with E-state index in [1.54, 1.807) is 14.2 Å².